The molecule has 0 fully saturated rings. The van der Waals surface area contributed by atoms with Gasteiger partial charge in [0, 0.05) is 13.8 Å². The summed E-state index contributed by atoms with van der Waals surface area (Å²) in [5.41, 5.74) is 0. The molecule has 0 aliphatic carbocycles. The zero-order valence-corrected chi connectivity index (χ0v) is 8.18. The van der Waals surface area contributed by atoms with Crippen molar-refractivity contribution in [3.8, 4) is 0 Å². The Morgan fingerprint density at radius 3 is 2.47 bits per heavy atom. The van der Waals surface area contributed by atoms with E-state index in [-0.39, 0.29) is 5.76 Å². The highest BCUT2D eigenvalue weighted by molar-refractivity contribution is 5.89. The molecular weight excluding hydrogens is 204 g/mol. The molecule has 15 heavy (non-hydrogen) atoms. The zero-order valence-electron chi connectivity index (χ0n) is 8.18. The molecule has 0 aromatic rings. The smallest absolute Gasteiger partial charge is 0.378 e. The molecule has 2 aliphatic heterocycles. The highest BCUT2D eigenvalue weighted by atomic mass is 16.7. The lowest BCUT2D eigenvalue weighted by atomic mass is 10.2. The van der Waals surface area contributed by atoms with Crippen LogP contribution < -0.4 is 0 Å². The van der Waals surface area contributed by atoms with Crippen LogP contribution in [0.1, 0.15) is 13.8 Å². The molecule has 0 bridgehead atoms. The molecule has 2 N–H and O–H groups in total. The van der Waals surface area contributed by atoms with E-state index in [0.717, 1.165) is 0 Å². The highest BCUT2D eigenvalue weighted by Gasteiger charge is 2.42. The Hall–Kier alpha value is -1.85. The number of esters is 1. The molecule has 2 rings (SSSR count). The van der Waals surface area contributed by atoms with Gasteiger partial charge in [0.15, 0.2) is 11.5 Å². The lowest BCUT2D eigenvalue weighted by molar-refractivity contribution is -0.148. The van der Waals surface area contributed by atoms with Gasteiger partial charge >= 0.3 is 5.97 Å². The fourth-order valence-electron chi connectivity index (χ4n) is 1.29. The number of carbonyl (C=O) groups excluding carboxylic acids is 1. The maximum atomic E-state index is 10.9. The van der Waals surface area contributed by atoms with Crippen LogP contribution in [0.15, 0.2) is 23.5 Å². The van der Waals surface area contributed by atoms with Crippen LogP contribution in [0.2, 0.25) is 0 Å². The lowest BCUT2D eigenvalue weighted by Crippen LogP contribution is -2.24. The van der Waals surface area contributed by atoms with E-state index in [2.05, 4.69) is 4.74 Å². The van der Waals surface area contributed by atoms with Gasteiger partial charge in [0.1, 0.15) is 6.26 Å². The fraction of sp³-hybridized carbons (Fsp3) is 0.444. The molecule has 0 spiro atoms. The van der Waals surface area contributed by atoms with Gasteiger partial charge in [-0.25, -0.2) is 4.79 Å². The van der Waals surface area contributed by atoms with Crippen molar-refractivity contribution < 1.29 is 29.2 Å². The van der Waals surface area contributed by atoms with Crippen molar-refractivity contribution in [2.24, 2.45) is 0 Å². The Kier molecular flexibility index (Phi) is 1.82. The van der Waals surface area contributed by atoms with Crippen LogP contribution in [0.25, 0.3) is 0 Å². The van der Waals surface area contributed by atoms with Gasteiger partial charge in [-0.2, -0.15) is 0 Å². The minimum atomic E-state index is -1.11. The summed E-state index contributed by atoms with van der Waals surface area (Å²) in [5.74, 6) is -3.05. The van der Waals surface area contributed by atoms with Gasteiger partial charge in [0.2, 0.25) is 17.7 Å². The minimum Gasteiger partial charge on any atom is -0.505 e. The summed E-state index contributed by atoms with van der Waals surface area (Å²) in [6.07, 6.45) is 0.131. The number of rotatable bonds is 1. The molecule has 6 nitrogen and oxygen atoms in total. The third kappa shape index (κ3) is 1.47. The summed E-state index contributed by atoms with van der Waals surface area (Å²) in [4.78, 5) is 10.9. The van der Waals surface area contributed by atoms with E-state index in [1.165, 1.54) is 6.26 Å². The molecule has 0 radical (unpaired) electrons. The molecule has 0 aromatic heterocycles. The molecule has 0 amide bonds. The molecular formula is C9H10O6. The average molecular weight is 214 g/mol. The summed E-state index contributed by atoms with van der Waals surface area (Å²) in [6.45, 7) is 3.32. The van der Waals surface area contributed by atoms with E-state index in [1.54, 1.807) is 13.8 Å². The van der Waals surface area contributed by atoms with E-state index in [1.807, 2.05) is 0 Å². The predicted octanol–water partition coefficient (Wildman–Crippen LogP) is 0.864. The second-order valence-electron chi connectivity index (χ2n) is 3.66. The van der Waals surface area contributed by atoms with Crippen LogP contribution in [0.3, 0.4) is 0 Å². The van der Waals surface area contributed by atoms with Crippen molar-refractivity contribution in [3.63, 3.8) is 0 Å². The molecule has 6 heteroatoms. The quantitative estimate of drug-likeness (QED) is 0.630. The number of carbonyl (C=O) groups is 1. The maximum absolute atomic E-state index is 10.9. The van der Waals surface area contributed by atoms with Gasteiger partial charge in [-0.1, -0.05) is 0 Å². The number of ether oxygens (including phenoxy) is 3. The van der Waals surface area contributed by atoms with E-state index in [9.17, 15) is 9.90 Å². The van der Waals surface area contributed by atoms with Crippen LogP contribution in [0.4, 0.5) is 0 Å². The molecule has 0 saturated carbocycles. The number of hydrogen-bond acceptors (Lipinski definition) is 6. The second kappa shape index (κ2) is 2.82. The first-order valence-electron chi connectivity index (χ1n) is 4.31. The third-order valence-electron chi connectivity index (χ3n) is 1.99. The molecule has 2 aliphatic rings. The first kappa shape index (κ1) is 9.70. The number of aliphatic hydroxyl groups is 2. The normalized spacial score (nSPS) is 28.3. The Morgan fingerprint density at radius 1 is 1.40 bits per heavy atom. The van der Waals surface area contributed by atoms with Gasteiger partial charge < -0.3 is 24.4 Å². The van der Waals surface area contributed by atoms with Gasteiger partial charge in [-0.15, -0.1) is 0 Å². The van der Waals surface area contributed by atoms with Crippen molar-refractivity contribution in [2.45, 2.75) is 25.7 Å². The van der Waals surface area contributed by atoms with Crippen LogP contribution in [0, 0.1) is 0 Å². The standard InChI is InChI=1S/C9H10O6/c1-9(2)13-3-4(15-9)7-5(10)6(11)8(12)14-7/h3,7,10-11H,1-2H3. The Labute approximate surface area is 85.4 Å². The van der Waals surface area contributed by atoms with Gasteiger partial charge in [0.05, 0.1) is 0 Å². The predicted molar refractivity (Wildman–Crippen MR) is 46.5 cm³/mol. The van der Waals surface area contributed by atoms with E-state index in [4.69, 9.17) is 14.6 Å². The summed E-state index contributed by atoms with van der Waals surface area (Å²) < 4.78 is 15.0. The molecule has 82 valence electrons. The monoisotopic (exact) mass is 214 g/mol. The molecule has 2 heterocycles. The van der Waals surface area contributed by atoms with Gasteiger partial charge in [-0.3, -0.25) is 0 Å². The lowest BCUT2D eigenvalue weighted by Gasteiger charge is -2.19. The van der Waals surface area contributed by atoms with Gasteiger partial charge in [-0.05, 0) is 0 Å². The van der Waals surface area contributed by atoms with Gasteiger partial charge in [0.25, 0.3) is 0 Å². The van der Waals surface area contributed by atoms with Crippen LogP contribution in [-0.4, -0.2) is 28.1 Å². The van der Waals surface area contributed by atoms with E-state index < -0.39 is 29.4 Å². The van der Waals surface area contributed by atoms with E-state index >= 15 is 0 Å². The number of hydrogen-bond donors (Lipinski definition) is 2. The van der Waals surface area contributed by atoms with Crippen molar-refractivity contribution >= 4 is 5.97 Å². The van der Waals surface area contributed by atoms with Crippen LogP contribution in [0.5, 0.6) is 0 Å². The molecule has 1 unspecified atom stereocenters. The Morgan fingerprint density at radius 2 is 2.07 bits per heavy atom. The summed E-state index contributed by atoms with van der Waals surface area (Å²) in [5, 5.41) is 18.4. The summed E-state index contributed by atoms with van der Waals surface area (Å²) >= 11 is 0. The number of cyclic esters (lactones) is 1. The molecule has 0 saturated heterocycles. The van der Waals surface area contributed by atoms with Crippen molar-refractivity contribution in [3.05, 3.63) is 23.5 Å². The first-order chi connectivity index (χ1) is 6.91. The van der Waals surface area contributed by atoms with Crippen LogP contribution in [-0.2, 0) is 19.0 Å². The average Bonchev–Trinajstić information content (AvgIpc) is 2.62. The third-order valence-corrected chi connectivity index (χ3v) is 1.99. The van der Waals surface area contributed by atoms with E-state index in [0.29, 0.717) is 0 Å². The van der Waals surface area contributed by atoms with Crippen molar-refractivity contribution in [1.29, 1.82) is 0 Å². The fourth-order valence-corrected chi connectivity index (χ4v) is 1.29. The summed E-state index contributed by atoms with van der Waals surface area (Å²) in [6, 6.07) is 0. The molecule has 1 atom stereocenters. The van der Waals surface area contributed by atoms with Crippen molar-refractivity contribution in [2.75, 3.05) is 0 Å². The minimum absolute atomic E-state index is 0.148. The Balaban J connectivity index is 2.19. The number of aliphatic hydroxyl groups excluding tert-OH is 2. The second-order valence-corrected chi connectivity index (χ2v) is 3.66. The highest BCUT2D eigenvalue weighted by Crippen LogP contribution is 2.33. The first-order valence-corrected chi connectivity index (χ1v) is 4.31. The Bertz CT molecular complexity index is 378. The summed E-state index contributed by atoms with van der Waals surface area (Å²) in [7, 11) is 0. The molecule has 0 aromatic carbocycles. The maximum Gasteiger partial charge on any atom is 0.378 e. The topological polar surface area (TPSA) is 85.2 Å². The SMILES string of the molecule is CC1(C)OC=C(C2OC(=O)C(O)=C2O)O1. The zero-order chi connectivity index (χ0) is 11.2. The largest absolute Gasteiger partial charge is 0.505 e. The van der Waals surface area contributed by atoms with Crippen molar-refractivity contribution in [1.82, 2.24) is 0 Å². The van der Waals surface area contributed by atoms with Crippen LogP contribution >= 0.6 is 0 Å².